The predicted molar refractivity (Wildman–Crippen MR) is 85.6 cm³/mol. The minimum Gasteiger partial charge on any atom is -0.487 e. The maximum absolute atomic E-state index is 12.5. The molecule has 1 atom stereocenters. The van der Waals surface area contributed by atoms with Crippen LogP contribution in [0.1, 0.15) is 16.8 Å². The molecule has 3 rings (SSSR count). The number of halogens is 2. The quantitative estimate of drug-likeness (QED) is 0.858. The first-order chi connectivity index (χ1) is 10.6. The lowest BCUT2D eigenvalue weighted by molar-refractivity contribution is 0.0772. The Hall–Kier alpha value is -1.78. The van der Waals surface area contributed by atoms with Crippen molar-refractivity contribution in [1.29, 1.82) is 0 Å². The Kier molecular flexibility index (Phi) is 4.50. The lowest BCUT2D eigenvalue weighted by Crippen LogP contribution is -2.31. The molecule has 0 saturated carbocycles. The van der Waals surface area contributed by atoms with E-state index in [4.69, 9.17) is 27.9 Å². The molecule has 0 bridgehead atoms. The summed E-state index contributed by atoms with van der Waals surface area (Å²) in [5.41, 5.74) is 0.520. The van der Waals surface area contributed by atoms with Crippen molar-refractivity contribution in [2.75, 3.05) is 13.1 Å². The summed E-state index contributed by atoms with van der Waals surface area (Å²) in [7, 11) is 0. The van der Waals surface area contributed by atoms with E-state index in [1.807, 2.05) is 0 Å². The Bertz CT molecular complexity index is 693. The first-order valence-electron chi connectivity index (χ1n) is 6.95. The van der Waals surface area contributed by atoms with Crippen LogP contribution in [0.3, 0.4) is 0 Å². The van der Waals surface area contributed by atoms with Crippen molar-refractivity contribution in [3.8, 4) is 5.75 Å². The van der Waals surface area contributed by atoms with Crippen LogP contribution in [0.25, 0.3) is 0 Å². The number of likely N-dealkylation sites (tertiary alicyclic amines) is 1. The number of carbonyl (C=O) groups excluding carboxylic acids is 1. The standard InChI is InChI=1S/C16H14Cl2N2O2/c17-13-4-2-1-3-12(13)16(21)20-8-6-11(10-20)22-15-5-7-19-9-14(15)18/h1-5,7,9,11H,6,8,10H2. The maximum Gasteiger partial charge on any atom is 0.255 e. The molecule has 114 valence electrons. The van der Waals surface area contributed by atoms with Crippen LogP contribution >= 0.6 is 23.2 Å². The highest BCUT2D eigenvalue weighted by Gasteiger charge is 2.29. The van der Waals surface area contributed by atoms with Gasteiger partial charge in [0.05, 0.1) is 17.1 Å². The molecule has 0 radical (unpaired) electrons. The molecule has 4 nitrogen and oxygen atoms in total. The topological polar surface area (TPSA) is 42.4 Å². The summed E-state index contributed by atoms with van der Waals surface area (Å²) in [6, 6.07) is 8.79. The number of carbonyl (C=O) groups is 1. The predicted octanol–water partition coefficient (Wildman–Crippen LogP) is 3.68. The largest absolute Gasteiger partial charge is 0.487 e. The average Bonchev–Trinajstić information content (AvgIpc) is 2.98. The molecule has 2 heterocycles. The molecular weight excluding hydrogens is 323 g/mol. The molecule has 1 aliphatic heterocycles. The Morgan fingerprint density at radius 2 is 2.05 bits per heavy atom. The van der Waals surface area contributed by atoms with Gasteiger partial charge in [-0.2, -0.15) is 0 Å². The Morgan fingerprint density at radius 3 is 2.82 bits per heavy atom. The van der Waals surface area contributed by atoms with E-state index in [1.54, 1.807) is 47.6 Å². The van der Waals surface area contributed by atoms with Crippen molar-refractivity contribution in [2.24, 2.45) is 0 Å². The van der Waals surface area contributed by atoms with Gasteiger partial charge in [0.25, 0.3) is 5.91 Å². The Morgan fingerprint density at radius 1 is 1.23 bits per heavy atom. The number of benzene rings is 1. The zero-order valence-electron chi connectivity index (χ0n) is 11.7. The molecule has 1 aliphatic rings. The second kappa shape index (κ2) is 6.55. The summed E-state index contributed by atoms with van der Waals surface area (Å²) < 4.78 is 5.85. The fraction of sp³-hybridized carbons (Fsp3) is 0.250. The average molecular weight is 337 g/mol. The molecule has 1 amide bonds. The number of rotatable bonds is 3. The molecule has 1 unspecified atom stereocenters. The van der Waals surface area contributed by atoms with Crippen LogP contribution < -0.4 is 4.74 Å². The van der Waals surface area contributed by atoms with E-state index in [1.165, 1.54) is 0 Å². The number of pyridine rings is 1. The zero-order chi connectivity index (χ0) is 15.5. The van der Waals surface area contributed by atoms with Gasteiger partial charge in [-0.3, -0.25) is 9.78 Å². The van der Waals surface area contributed by atoms with Gasteiger partial charge >= 0.3 is 0 Å². The fourth-order valence-corrected chi connectivity index (χ4v) is 2.83. The third-order valence-electron chi connectivity index (χ3n) is 3.57. The van der Waals surface area contributed by atoms with Crippen LogP contribution in [-0.2, 0) is 0 Å². The Balaban J connectivity index is 1.66. The van der Waals surface area contributed by atoms with Crippen molar-refractivity contribution < 1.29 is 9.53 Å². The summed E-state index contributed by atoms with van der Waals surface area (Å²) in [6.07, 6.45) is 3.85. The second-order valence-corrected chi connectivity index (χ2v) is 5.88. The van der Waals surface area contributed by atoms with E-state index >= 15 is 0 Å². The van der Waals surface area contributed by atoms with Gasteiger partial charge < -0.3 is 9.64 Å². The van der Waals surface area contributed by atoms with Crippen molar-refractivity contribution in [1.82, 2.24) is 9.88 Å². The molecule has 1 aromatic carbocycles. The molecule has 22 heavy (non-hydrogen) atoms. The SMILES string of the molecule is O=C(c1ccccc1Cl)N1CCC(Oc2ccncc2Cl)C1. The van der Waals surface area contributed by atoms with Crippen LogP contribution in [0.5, 0.6) is 5.75 Å². The highest BCUT2D eigenvalue weighted by molar-refractivity contribution is 6.33. The van der Waals surface area contributed by atoms with Crippen LogP contribution in [-0.4, -0.2) is 35.0 Å². The molecule has 0 aliphatic carbocycles. The van der Waals surface area contributed by atoms with E-state index in [-0.39, 0.29) is 12.0 Å². The first kappa shape index (κ1) is 15.1. The van der Waals surface area contributed by atoms with Crippen molar-refractivity contribution in [3.05, 3.63) is 58.3 Å². The van der Waals surface area contributed by atoms with E-state index in [0.29, 0.717) is 34.4 Å². The van der Waals surface area contributed by atoms with E-state index in [9.17, 15) is 4.79 Å². The van der Waals surface area contributed by atoms with Crippen molar-refractivity contribution >= 4 is 29.1 Å². The zero-order valence-corrected chi connectivity index (χ0v) is 13.2. The van der Waals surface area contributed by atoms with Gasteiger partial charge in [0.1, 0.15) is 16.9 Å². The first-order valence-corrected chi connectivity index (χ1v) is 7.70. The van der Waals surface area contributed by atoms with Crippen molar-refractivity contribution in [3.63, 3.8) is 0 Å². The highest BCUT2D eigenvalue weighted by Crippen LogP contribution is 2.26. The van der Waals surface area contributed by atoms with Gasteiger partial charge in [-0.25, -0.2) is 0 Å². The second-order valence-electron chi connectivity index (χ2n) is 5.07. The van der Waals surface area contributed by atoms with Gasteiger partial charge in [0, 0.05) is 31.4 Å². The monoisotopic (exact) mass is 336 g/mol. The molecule has 1 fully saturated rings. The van der Waals surface area contributed by atoms with Crippen LogP contribution in [0.15, 0.2) is 42.7 Å². The summed E-state index contributed by atoms with van der Waals surface area (Å²) in [6.45, 7) is 1.15. The lowest BCUT2D eigenvalue weighted by Gasteiger charge is -2.18. The molecular formula is C16H14Cl2N2O2. The number of hydrogen-bond acceptors (Lipinski definition) is 3. The van der Waals surface area contributed by atoms with Crippen LogP contribution in [0.4, 0.5) is 0 Å². The van der Waals surface area contributed by atoms with Gasteiger partial charge in [0.15, 0.2) is 0 Å². The minimum atomic E-state index is -0.0775. The summed E-state index contributed by atoms with van der Waals surface area (Å²) >= 11 is 12.1. The van der Waals surface area contributed by atoms with E-state index in [0.717, 1.165) is 6.42 Å². The summed E-state index contributed by atoms with van der Waals surface area (Å²) in [4.78, 5) is 18.2. The van der Waals surface area contributed by atoms with Gasteiger partial charge in [-0.05, 0) is 12.1 Å². The molecule has 1 saturated heterocycles. The lowest BCUT2D eigenvalue weighted by atomic mass is 10.2. The smallest absolute Gasteiger partial charge is 0.255 e. The van der Waals surface area contributed by atoms with Crippen LogP contribution in [0, 0.1) is 0 Å². The third kappa shape index (κ3) is 3.18. The summed E-state index contributed by atoms with van der Waals surface area (Å²) in [5, 5.41) is 0.937. The highest BCUT2D eigenvalue weighted by atomic mass is 35.5. The fourth-order valence-electron chi connectivity index (χ4n) is 2.45. The van der Waals surface area contributed by atoms with Gasteiger partial charge in [0.2, 0.25) is 0 Å². The molecule has 0 N–H and O–H groups in total. The van der Waals surface area contributed by atoms with Gasteiger partial charge in [-0.1, -0.05) is 35.3 Å². The van der Waals surface area contributed by atoms with Crippen LogP contribution in [0.2, 0.25) is 10.0 Å². The van der Waals surface area contributed by atoms with Gasteiger partial charge in [-0.15, -0.1) is 0 Å². The minimum absolute atomic E-state index is 0.0717. The molecule has 2 aromatic rings. The number of amides is 1. The number of aromatic nitrogens is 1. The van der Waals surface area contributed by atoms with E-state index in [2.05, 4.69) is 4.98 Å². The normalized spacial score (nSPS) is 17.5. The summed E-state index contributed by atoms with van der Waals surface area (Å²) in [5.74, 6) is 0.520. The maximum atomic E-state index is 12.5. The third-order valence-corrected chi connectivity index (χ3v) is 4.18. The Labute approximate surface area is 138 Å². The number of hydrogen-bond donors (Lipinski definition) is 0. The van der Waals surface area contributed by atoms with Crippen molar-refractivity contribution in [2.45, 2.75) is 12.5 Å². The van der Waals surface area contributed by atoms with E-state index < -0.39 is 0 Å². The number of nitrogens with zero attached hydrogens (tertiary/aromatic N) is 2. The molecule has 1 aromatic heterocycles. The molecule has 0 spiro atoms. The number of ether oxygens (including phenoxy) is 1. The molecule has 6 heteroatoms.